The normalized spacial score (nSPS) is 20.3. The topological polar surface area (TPSA) is 101 Å². The van der Waals surface area contributed by atoms with Crippen LogP contribution in [0.5, 0.6) is 0 Å². The first-order chi connectivity index (χ1) is 10.6. The van der Waals surface area contributed by atoms with Crippen LogP contribution in [0.4, 0.5) is 0 Å². The number of halogens is 1. The monoisotopic (exact) mass is 380 g/mol. The standard InChI is InChI=1S/C13H17ClN2O5S2/c1-16(11-6-7-22(18,19)9-11)13(17)8-15-23(20,21)12-4-2-10(14)3-5-12/h2-5,11,15H,6-9H2,1H3. The summed E-state index contributed by atoms with van der Waals surface area (Å²) in [5, 5.41) is 0.405. The van der Waals surface area contributed by atoms with Crippen LogP contribution < -0.4 is 4.72 Å². The minimum atomic E-state index is -3.83. The van der Waals surface area contributed by atoms with E-state index in [0.29, 0.717) is 11.4 Å². The molecule has 128 valence electrons. The smallest absolute Gasteiger partial charge is 0.241 e. The molecular formula is C13H17ClN2O5S2. The third-order valence-electron chi connectivity index (χ3n) is 3.69. The fourth-order valence-electron chi connectivity index (χ4n) is 2.26. The maximum atomic E-state index is 12.1. The highest BCUT2D eigenvalue weighted by Gasteiger charge is 2.32. The van der Waals surface area contributed by atoms with E-state index in [1.807, 2.05) is 0 Å². The third-order valence-corrected chi connectivity index (χ3v) is 7.11. The molecule has 1 aliphatic rings. The Balaban J connectivity index is 1.97. The van der Waals surface area contributed by atoms with E-state index in [0.717, 1.165) is 0 Å². The van der Waals surface area contributed by atoms with Gasteiger partial charge in [-0.2, -0.15) is 0 Å². The molecule has 1 aromatic carbocycles. The molecule has 0 aromatic heterocycles. The van der Waals surface area contributed by atoms with Crippen LogP contribution in [0.25, 0.3) is 0 Å². The van der Waals surface area contributed by atoms with Crippen molar-refractivity contribution in [2.75, 3.05) is 25.1 Å². The summed E-state index contributed by atoms with van der Waals surface area (Å²) < 4.78 is 49.2. The molecule has 1 unspecified atom stereocenters. The van der Waals surface area contributed by atoms with Crippen LogP contribution in [-0.4, -0.2) is 58.8 Å². The molecule has 2 rings (SSSR count). The zero-order valence-corrected chi connectivity index (χ0v) is 14.8. The average Bonchev–Trinajstić information content (AvgIpc) is 2.84. The number of likely N-dealkylation sites (N-methyl/N-ethyl adjacent to an activating group) is 1. The number of carbonyl (C=O) groups excluding carboxylic acids is 1. The van der Waals surface area contributed by atoms with Gasteiger partial charge in [-0.15, -0.1) is 0 Å². The fourth-order valence-corrected chi connectivity index (χ4v) is 5.14. The Morgan fingerprint density at radius 2 is 1.96 bits per heavy atom. The van der Waals surface area contributed by atoms with E-state index in [2.05, 4.69) is 4.72 Å². The molecule has 10 heteroatoms. The number of sulfone groups is 1. The van der Waals surface area contributed by atoms with Crippen molar-refractivity contribution in [1.29, 1.82) is 0 Å². The van der Waals surface area contributed by atoms with Crippen LogP contribution >= 0.6 is 11.6 Å². The summed E-state index contributed by atoms with van der Waals surface area (Å²) in [5.74, 6) is -0.519. The number of hydrogen-bond donors (Lipinski definition) is 1. The first kappa shape index (κ1) is 18.2. The molecule has 1 atom stereocenters. The van der Waals surface area contributed by atoms with Gasteiger partial charge in [0.25, 0.3) is 0 Å². The van der Waals surface area contributed by atoms with E-state index in [4.69, 9.17) is 11.6 Å². The van der Waals surface area contributed by atoms with Crippen LogP contribution in [0.3, 0.4) is 0 Å². The van der Waals surface area contributed by atoms with Gasteiger partial charge in [-0.25, -0.2) is 21.6 Å². The summed E-state index contributed by atoms with van der Waals surface area (Å²) in [6.45, 7) is -0.433. The molecule has 7 nitrogen and oxygen atoms in total. The summed E-state index contributed by atoms with van der Waals surface area (Å²) in [7, 11) is -5.46. The average molecular weight is 381 g/mol. The minimum absolute atomic E-state index is 0.000738. The lowest BCUT2D eigenvalue weighted by atomic mass is 10.2. The van der Waals surface area contributed by atoms with Gasteiger partial charge in [-0.05, 0) is 30.7 Å². The maximum Gasteiger partial charge on any atom is 0.241 e. The van der Waals surface area contributed by atoms with Crippen LogP contribution in [0.1, 0.15) is 6.42 Å². The van der Waals surface area contributed by atoms with Gasteiger partial charge in [-0.3, -0.25) is 4.79 Å². The lowest BCUT2D eigenvalue weighted by Crippen LogP contribution is -2.43. The van der Waals surface area contributed by atoms with Crippen LogP contribution in [-0.2, 0) is 24.7 Å². The number of amides is 1. The van der Waals surface area contributed by atoms with Crippen molar-refractivity contribution in [2.45, 2.75) is 17.4 Å². The molecule has 1 fully saturated rings. The highest BCUT2D eigenvalue weighted by Crippen LogP contribution is 2.17. The summed E-state index contributed by atoms with van der Waals surface area (Å²) in [6.07, 6.45) is 0.370. The molecule has 0 radical (unpaired) electrons. The third kappa shape index (κ3) is 4.66. The van der Waals surface area contributed by atoms with E-state index in [-0.39, 0.29) is 16.4 Å². The summed E-state index contributed by atoms with van der Waals surface area (Å²) in [4.78, 5) is 13.3. The molecule has 1 amide bonds. The highest BCUT2D eigenvalue weighted by molar-refractivity contribution is 7.91. The Hall–Kier alpha value is -1.16. The molecular weight excluding hydrogens is 364 g/mol. The van der Waals surface area contributed by atoms with Crippen LogP contribution in [0.15, 0.2) is 29.2 Å². The van der Waals surface area contributed by atoms with Crippen molar-refractivity contribution in [3.05, 3.63) is 29.3 Å². The van der Waals surface area contributed by atoms with E-state index in [1.54, 1.807) is 0 Å². The van der Waals surface area contributed by atoms with Gasteiger partial charge in [0, 0.05) is 18.1 Å². The number of nitrogens with one attached hydrogen (secondary N) is 1. The van der Waals surface area contributed by atoms with Crippen molar-refractivity contribution in [3.63, 3.8) is 0 Å². The lowest BCUT2D eigenvalue weighted by molar-refractivity contribution is -0.130. The van der Waals surface area contributed by atoms with Crippen molar-refractivity contribution < 1.29 is 21.6 Å². The molecule has 0 bridgehead atoms. The Labute approximate surface area is 140 Å². The SMILES string of the molecule is CN(C(=O)CNS(=O)(=O)c1ccc(Cl)cc1)C1CCS(=O)(=O)C1. The van der Waals surface area contributed by atoms with Gasteiger partial charge in [0.2, 0.25) is 15.9 Å². The van der Waals surface area contributed by atoms with E-state index < -0.39 is 38.4 Å². The highest BCUT2D eigenvalue weighted by atomic mass is 35.5. The number of rotatable bonds is 5. The van der Waals surface area contributed by atoms with Crippen molar-refractivity contribution in [3.8, 4) is 0 Å². The van der Waals surface area contributed by atoms with Crippen molar-refractivity contribution >= 4 is 37.4 Å². The Bertz CT molecular complexity index is 790. The first-order valence-electron chi connectivity index (χ1n) is 6.82. The van der Waals surface area contributed by atoms with E-state index in [1.165, 1.54) is 36.2 Å². The second-order valence-corrected chi connectivity index (χ2v) is 9.77. The molecule has 0 saturated carbocycles. The maximum absolute atomic E-state index is 12.1. The summed E-state index contributed by atoms with van der Waals surface area (Å²) in [6, 6.07) is 5.14. The number of carbonyl (C=O) groups is 1. The Morgan fingerprint density at radius 1 is 1.35 bits per heavy atom. The van der Waals surface area contributed by atoms with Crippen LogP contribution in [0, 0.1) is 0 Å². The number of nitrogens with zero attached hydrogens (tertiary/aromatic N) is 1. The van der Waals surface area contributed by atoms with E-state index in [9.17, 15) is 21.6 Å². The molecule has 1 aliphatic heterocycles. The number of sulfonamides is 1. The van der Waals surface area contributed by atoms with E-state index >= 15 is 0 Å². The van der Waals surface area contributed by atoms with Gasteiger partial charge >= 0.3 is 0 Å². The number of hydrogen-bond acceptors (Lipinski definition) is 5. The first-order valence-corrected chi connectivity index (χ1v) is 10.5. The Morgan fingerprint density at radius 3 is 2.48 bits per heavy atom. The summed E-state index contributed by atoms with van der Waals surface area (Å²) in [5.41, 5.74) is 0. The molecule has 23 heavy (non-hydrogen) atoms. The summed E-state index contributed by atoms with van der Waals surface area (Å²) >= 11 is 5.70. The molecule has 1 saturated heterocycles. The van der Waals surface area contributed by atoms with Gasteiger partial charge in [0.15, 0.2) is 9.84 Å². The van der Waals surface area contributed by atoms with Gasteiger partial charge in [-0.1, -0.05) is 11.6 Å². The van der Waals surface area contributed by atoms with Crippen LogP contribution in [0.2, 0.25) is 5.02 Å². The second kappa shape index (κ2) is 6.76. The second-order valence-electron chi connectivity index (χ2n) is 5.34. The minimum Gasteiger partial charge on any atom is -0.341 e. The predicted molar refractivity (Wildman–Crippen MR) is 86.5 cm³/mol. The zero-order chi connectivity index (χ0) is 17.3. The molecule has 1 N–H and O–H groups in total. The molecule has 0 spiro atoms. The van der Waals surface area contributed by atoms with Gasteiger partial charge < -0.3 is 4.90 Å². The quantitative estimate of drug-likeness (QED) is 0.789. The van der Waals surface area contributed by atoms with Gasteiger partial charge in [0.05, 0.1) is 22.9 Å². The zero-order valence-electron chi connectivity index (χ0n) is 12.4. The van der Waals surface area contributed by atoms with Gasteiger partial charge in [0.1, 0.15) is 0 Å². The largest absolute Gasteiger partial charge is 0.341 e. The fraction of sp³-hybridized carbons (Fsp3) is 0.462. The van der Waals surface area contributed by atoms with Crippen molar-refractivity contribution in [2.24, 2.45) is 0 Å². The molecule has 1 aromatic rings. The molecule has 1 heterocycles. The number of benzene rings is 1. The Kier molecular flexibility index (Phi) is 5.34. The van der Waals surface area contributed by atoms with Crippen molar-refractivity contribution in [1.82, 2.24) is 9.62 Å². The lowest BCUT2D eigenvalue weighted by Gasteiger charge is -2.23. The predicted octanol–water partition coefficient (Wildman–Crippen LogP) is 0.264. The molecule has 0 aliphatic carbocycles.